The van der Waals surface area contributed by atoms with Crippen molar-refractivity contribution in [3.05, 3.63) is 12.4 Å². The van der Waals surface area contributed by atoms with Crippen molar-refractivity contribution in [2.24, 2.45) is 5.92 Å². The Balaban J connectivity index is 2.06. The van der Waals surface area contributed by atoms with Gasteiger partial charge in [-0.15, -0.1) is 0 Å². The van der Waals surface area contributed by atoms with E-state index in [-0.39, 0.29) is 0 Å². The summed E-state index contributed by atoms with van der Waals surface area (Å²) in [7, 11) is 0. The van der Waals surface area contributed by atoms with Crippen LogP contribution in [0.4, 0.5) is 0 Å². The number of hydrogen-bond acceptors (Lipinski definition) is 3. The fraction of sp³-hybridized carbons (Fsp3) is 0.700. The predicted molar refractivity (Wildman–Crippen MR) is 61.6 cm³/mol. The van der Waals surface area contributed by atoms with Gasteiger partial charge < -0.3 is 10.3 Å². The second-order valence-corrected chi connectivity index (χ2v) is 4.52. The molecule has 80 valence electrons. The first-order valence-electron chi connectivity index (χ1n) is 5.15. The first kappa shape index (κ1) is 11.6. The second-order valence-electron chi connectivity index (χ2n) is 3.51. The van der Waals surface area contributed by atoms with E-state index < -0.39 is 0 Å². The Morgan fingerprint density at radius 3 is 3.14 bits per heavy atom. The van der Waals surface area contributed by atoms with Crippen LogP contribution in [0.3, 0.4) is 0 Å². The predicted octanol–water partition coefficient (Wildman–Crippen LogP) is 2.14. The van der Waals surface area contributed by atoms with Crippen LogP contribution in [-0.4, -0.2) is 28.8 Å². The summed E-state index contributed by atoms with van der Waals surface area (Å²) in [5.74, 6) is 1.81. The van der Waals surface area contributed by atoms with Crippen molar-refractivity contribution in [3.63, 3.8) is 0 Å². The molecule has 0 amide bonds. The second kappa shape index (κ2) is 6.90. The Bertz CT molecular complexity index is 223. The molecular formula is C10H19N3S. The summed E-state index contributed by atoms with van der Waals surface area (Å²) in [6.45, 7) is 6.67. The maximum absolute atomic E-state index is 4.17. The zero-order valence-corrected chi connectivity index (χ0v) is 9.73. The lowest BCUT2D eigenvalue weighted by molar-refractivity contribution is 0.557. The van der Waals surface area contributed by atoms with Crippen LogP contribution < -0.4 is 5.32 Å². The van der Waals surface area contributed by atoms with Gasteiger partial charge in [0.25, 0.3) is 0 Å². The van der Waals surface area contributed by atoms with Gasteiger partial charge in [-0.05, 0) is 25.4 Å². The van der Waals surface area contributed by atoms with Gasteiger partial charge in [-0.1, -0.05) is 25.6 Å². The van der Waals surface area contributed by atoms with Crippen molar-refractivity contribution in [2.45, 2.75) is 25.4 Å². The SMILES string of the molecule is CCCNCC(C)CSc1ncc[nH]1. The number of thioether (sulfide) groups is 1. The zero-order chi connectivity index (χ0) is 10.2. The van der Waals surface area contributed by atoms with Crippen LogP contribution in [0.5, 0.6) is 0 Å². The molecule has 0 bridgehead atoms. The van der Waals surface area contributed by atoms with E-state index in [9.17, 15) is 0 Å². The van der Waals surface area contributed by atoms with E-state index in [0.717, 1.165) is 24.0 Å². The molecule has 1 aromatic rings. The molecule has 1 heterocycles. The zero-order valence-electron chi connectivity index (χ0n) is 8.92. The molecular weight excluding hydrogens is 194 g/mol. The van der Waals surface area contributed by atoms with Gasteiger partial charge >= 0.3 is 0 Å². The van der Waals surface area contributed by atoms with E-state index in [4.69, 9.17) is 0 Å². The number of aromatic nitrogens is 2. The van der Waals surface area contributed by atoms with Crippen molar-refractivity contribution in [2.75, 3.05) is 18.8 Å². The summed E-state index contributed by atoms with van der Waals surface area (Å²) in [4.78, 5) is 7.26. The Morgan fingerprint density at radius 1 is 1.64 bits per heavy atom. The summed E-state index contributed by atoms with van der Waals surface area (Å²) in [5.41, 5.74) is 0. The monoisotopic (exact) mass is 213 g/mol. The van der Waals surface area contributed by atoms with Gasteiger partial charge in [-0.2, -0.15) is 0 Å². The minimum Gasteiger partial charge on any atom is -0.340 e. The van der Waals surface area contributed by atoms with Crippen LogP contribution in [0.1, 0.15) is 20.3 Å². The summed E-state index contributed by atoms with van der Waals surface area (Å²) < 4.78 is 0. The Morgan fingerprint density at radius 2 is 2.50 bits per heavy atom. The van der Waals surface area contributed by atoms with E-state index in [1.54, 1.807) is 18.0 Å². The van der Waals surface area contributed by atoms with Crippen LogP contribution in [0.2, 0.25) is 0 Å². The van der Waals surface area contributed by atoms with Gasteiger partial charge in [0.05, 0.1) is 0 Å². The average molecular weight is 213 g/mol. The van der Waals surface area contributed by atoms with Crippen LogP contribution in [-0.2, 0) is 0 Å². The molecule has 0 fully saturated rings. The lowest BCUT2D eigenvalue weighted by Gasteiger charge is -2.10. The molecule has 0 aliphatic rings. The summed E-state index contributed by atoms with van der Waals surface area (Å²) in [6, 6.07) is 0. The normalized spacial score (nSPS) is 13.0. The van der Waals surface area contributed by atoms with E-state index in [1.807, 2.05) is 6.20 Å². The molecule has 0 aliphatic carbocycles. The molecule has 0 spiro atoms. The van der Waals surface area contributed by atoms with E-state index in [0.29, 0.717) is 5.92 Å². The molecule has 2 N–H and O–H groups in total. The third-order valence-electron chi connectivity index (χ3n) is 1.90. The van der Waals surface area contributed by atoms with Crippen LogP contribution >= 0.6 is 11.8 Å². The van der Waals surface area contributed by atoms with Gasteiger partial charge in [-0.3, -0.25) is 0 Å². The molecule has 0 aliphatic heterocycles. The number of imidazole rings is 1. The molecule has 1 aromatic heterocycles. The van der Waals surface area contributed by atoms with Crippen LogP contribution in [0, 0.1) is 5.92 Å². The average Bonchev–Trinajstić information content (AvgIpc) is 2.68. The highest BCUT2D eigenvalue weighted by Crippen LogP contribution is 2.15. The summed E-state index contributed by atoms with van der Waals surface area (Å²) in [6.07, 6.45) is 4.86. The fourth-order valence-electron chi connectivity index (χ4n) is 1.14. The molecule has 4 heteroatoms. The van der Waals surface area contributed by atoms with Gasteiger partial charge in [0.2, 0.25) is 0 Å². The maximum Gasteiger partial charge on any atom is 0.165 e. The molecule has 1 rings (SSSR count). The lowest BCUT2D eigenvalue weighted by atomic mass is 10.2. The summed E-state index contributed by atoms with van der Waals surface area (Å²) >= 11 is 1.79. The highest BCUT2D eigenvalue weighted by atomic mass is 32.2. The number of hydrogen-bond donors (Lipinski definition) is 2. The van der Waals surface area contributed by atoms with Crippen molar-refractivity contribution >= 4 is 11.8 Å². The van der Waals surface area contributed by atoms with Crippen molar-refractivity contribution in [1.82, 2.24) is 15.3 Å². The molecule has 0 saturated carbocycles. The lowest BCUT2D eigenvalue weighted by Crippen LogP contribution is -2.23. The van der Waals surface area contributed by atoms with Gasteiger partial charge in [0.1, 0.15) is 0 Å². The largest absolute Gasteiger partial charge is 0.340 e. The summed E-state index contributed by atoms with van der Waals surface area (Å²) in [5, 5.41) is 4.44. The topological polar surface area (TPSA) is 40.7 Å². The molecule has 14 heavy (non-hydrogen) atoms. The Labute approximate surface area is 90.1 Å². The van der Waals surface area contributed by atoms with Gasteiger partial charge in [-0.25, -0.2) is 4.98 Å². The smallest absolute Gasteiger partial charge is 0.165 e. The van der Waals surface area contributed by atoms with Crippen LogP contribution in [0.15, 0.2) is 17.6 Å². The van der Waals surface area contributed by atoms with Crippen molar-refractivity contribution in [1.29, 1.82) is 0 Å². The van der Waals surface area contributed by atoms with Crippen molar-refractivity contribution in [3.8, 4) is 0 Å². The minimum absolute atomic E-state index is 0.691. The van der Waals surface area contributed by atoms with Crippen LogP contribution in [0.25, 0.3) is 0 Å². The van der Waals surface area contributed by atoms with E-state index in [2.05, 4.69) is 29.1 Å². The molecule has 3 nitrogen and oxygen atoms in total. The van der Waals surface area contributed by atoms with Gasteiger partial charge in [0.15, 0.2) is 5.16 Å². The number of nitrogens with one attached hydrogen (secondary N) is 2. The highest BCUT2D eigenvalue weighted by Gasteiger charge is 2.03. The number of nitrogens with zero attached hydrogens (tertiary/aromatic N) is 1. The van der Waals surface area contributed by atoms with E-state index >= 15 is 0 Å². The Hall–Kier alpha value is -0.480. The quantitative estimate of drug-likeness (QED) is 0.538. The highest BCUT2D eigenvalue weighted by molar-refractivity contribution is 7.99. The first-order valence-corrected chi connectivity index (χ1v) is 6.14. The third kappa shape index (κ3) is 4.67. The number of H-pyrrole nitrogens is 1. The third-order valence-corrected chi connectivity index (χ3v) is 3.13. The first-order chi connectivity index (χ1) is 6.83. The van der Waals surface area contributed by atoms with Crippen molar-refractivity contribution < 1.29 is 0 Å². The molecule has 0 aromatic carbocycles. The Kier molecular flexibility index (Phi) is 5.71. The standard InChI is InChI=1S/C10H19N3S/c1-3-4-11-7-9(2)8-14-10-12-5-6-13-10/h5-6,9,11H,3-4,7-8H2,1-2H3,(H,12,13). The minimum atomic E-state index is 0.691. The molecule has 1 atom stereocenters. The number of rotatable bonds is 7. The molecule has 0 saturated heterocycles. The maximum atomic E-state index is 4.17. The molecule has 0 radical (unpaired) electrons. The molecule has 1 unspecified atom stereocenters. The van der Waals surface area contributed by atoms with E-state index in [1.165, 1.54) is 6.42 Å². The van der Waals surface area contributed by atoms with Gasteiger partial charge in [0, 0.05) is 18.1 Å². The fourth-order valence-corrected chi connectivity index (χ4v) is 1.98. The number of aromatic amines is 1.